The number of fused-ring (bicyclic) bond motifs is 1. The lowest BCUT2D eigenvalue weighted by atomic mass is 10.1. The summed E-state index contributed by atoms with van der Waals surface area (Å²) in [5, 5.41) is 11.9. The van der Waals surface area contributed by atoms with Gasteiger partial charge in [0, 0.05) is 12.6 Å². The molecule has 0 bridgehead atoms. The fourth-order valence-corrected chi connectivity index (χ4v) is 1.96. The molecule has 1 heterocycles. The Hall–Kier alpha value is -2.06. The zero-order valence-corrected chi connectivity index (χ0v) is 10.3. The number of hydrogen-bond donors (Lipinski definition) is 2. The molecule has 1 aliphatic rings. The van der Waals surface area contributed by atoms with Gasteiger partial charge in [-0.05, 0) is 31.5 Å². The lowest BCUT2D eigenvalue weighted by molar-refractivity contribution is -0.117. The van der Waals surface area contributed by atoms with E-state index in [-0.39, 0.29) is 18.5 Å². The van der Waals surface area contributed by atoms with Crippen LogP contribution in [0.4, 0.5) is 11.4 Å². The van der Waals surface area contributed by atoms with Gasteiger partial charge in [-0.1, -0.05) is 0 Å². The minimum atomic E-state index is 0.0351. The second-order valence-electron chi connectivity index (χ2n) is 4.51. The zero-order chi connectivity index (χ0) is 13.1. The van der Waals surface area contributed by atoms with Crippen molar-refractivity contribution in [2.75, 3.05) is 23.3 Å². The van der Waals surface area contributed by atoms with E-state index in [1.54, 1.807) is 23.1 Å². The van der Waals surface area contributed by atoms with Crippen LogP contribution in [-0.2, 0) is 4.79 Å². The number of anilines is 2. The Kier molecular flexibility index (Phi) is 3.49. The highest BCUT2D eigenvalue weighted by molar-refractivity contribution is 6.02. The highest BCUT2D eigenvalue weighted by Gasteiger charge is 2.23. The van der Waals surface area contributed by atoms with Gasteiger partial charge in [-0.25, -0.2) is 0 Å². The van der Waals surface area contributed by atoms with Gasteiger partial charge in [0.1, 0.15) is 0 Å². The summed E-state index contributed by atoms with van der Waals surface area (Å²) in [4.78, 5) is 13.6. The largest absolute Gasteiger partial charge is 0.374 e. The Balaban J connectivity index is 2.27. The molecule has 1 unspecified atom stereocenters. The average Bonchev–Trinajstić information content (AvgIpc) is 2.36. The highest BCUT2D eigenvalue weighted by Crippen LogP contribution is 2.30. The maximum absolute atomic E-state index is 11.9. The number of nitriles is 1. The molecule has 0 spiro atoms. The monoisotopic (exact) mass is 244 g/mol. The smallest absolute Gasteiger partial charge is 0.246 e. The number of carbonyl (C=O) groups excluding carboxylic acids is 1. The van der Waals surface area contributed by atoms with Crippen molar-refractivity contribution in [3.8, 4) is 6.07 Å². The van der Waals surface area contributed by atoms with E-state index in [2.05, 4.69) is 11.4 Å². The van der Waals surface area contributed by atoms with Crippen molar-refractivity contribution in [3.05, 3.63) is 23.8 Å². The maximum atomic E-state index is 11.9. The quantitative estimate of drug-likeness (QED) is 0.832. The number of rotatable bonds is 3. The van der Waals surface area contributed by atoms with Crippen LogP contribution >= 0.6 is 0 Å². The van der Waals surface area contributed by atoms with Crippen LogP contribution in [0.3, 0.4) is 0 Å². The number of amides is 1. The Bertz CT molecular complexity index is 504. The van der Waals surface area contributed by atoms with Crippen LogP contribution in [-0.4, -0.2) is 25.0 Å². The van der Waals surface area contributed by atoms with Gasteiger partial charge >= 0.3 is 0 Å². The van der Waals surface area contributed by atoms with Crippen LogP contribution < -0.4 is 16.0 Å². The number of nitrogens with zero attached hydrogens (tertiary/aromatic N) is 2. The molecule has 18 heavy (non-hydrogen) atoms. The molecule has 0 saturated carbocycles. The molecule has 1 aromatic rings. The van der Waals surface area contributed by atoms with Crippen LogP contribution in [0.5, 0.6) is 0 Å². The van der Waals surface area contributed by atoms with Crippen molar-refractivity contribution in [2.45, 2.75) is 19.4 Å². The number of nitrogens with one attached hydrogen (secondary N) is 1. The molecule has 0 saturated heterocycles. The summed E-state index contributed by atoms with van der Waals surface area (Å²) in [6.07, 6.45) is 0.755. The summed E-state index contributed by atoms with van der Waals surface area (Å²) in [6.45, 7) is 2.80. The summed E-state index contributed by atoms with van der Waals surface area (Å²) >= 11 is 0. The zero-order valence-electron chi connectivity index (χ0n) is 10.3. The third kappa shape index (κ3) is 2.44. The van der Waals surface area contributed by atoms with Crippen molar-refractivity contribution in [1.29, 1.82) is 5.26 Å². The van der Waals surface area contributed by atoms with E-state index in [4.69, 9.17) is 11.0 Å². The lowest BCUT2D eigenvalue weighted by Gasteiger charge is -2.30. The van der Waals surface area contributed by atoms with Gasteiger partial charge in [0.2, 0.25) is 5.91 Å². The number of benzene rings is 1. The SMILES string of the molecule is CC(N)CCN1C(=O)CNc2cc(C#N)ccc21. The third-order valence-corrected chi connectivity index (χ3v) is 2.96. The number of nitrogens with two attached hydrogens (primary N) is 1. The van der Waals surface area contributed by atoms with Crippen molar-refractivity contribution in [1.82, 2.24) is 0 Å². The topological polar surface area (TPSA) is 82.2 Å². The van der Waals surface area contributed by atoms with Crippen molar-refractivity contribution < 1.29 is 4.79 Å². The molecule has 0 fully saturated rings. The molecule has 0 radical (unpaired) electrons. The molecule has 1 atom stereocenters. The van der Waals surface area contributed by atoms with E-state index in [1.807, 2.05) is 6.92 Å². The molecule has 2 rings (SSSR count). The highest BCUT2D eigenvalue weighted by atomic mass is 16.2. The van der Waals surface area contributed by atoms with Crippen LogP contribution in [0.15, 0.2) is 18.2 Å². The molecule has 1 amide bonds. The molecule has 5 nitrogen and oxygen atoms in total. The summed E-state index contributed by atoms with van der Waals surface area (Å²) in [6, 6.07) is 7.44. The average molecular weight is 244 g/mol. The predicted octanol–water partition coefficient (Wildman–Crippen LogP) is 1.05. The molecule has 94 valence electrons. The normalized spacial score (nSPS) is 15.6. The predicted molar refractivity (Wildman–Crippen MR) is 70.3 cm³/mol. The van der Waals surface area contributed by atoms with Crippen LogP contribution in [0, 0.1) is 11.3 Å². The second-order valence-corrected chi connectivity index (χ2v) is 4.51. The third-order valence-electron chi connectivity index (χ3n) is 2.96. The summed E-state index contributed by atoms with van der Waals surface area (Å²) in [5.41, 5.74) is 7.97. The van der Waals surface area contributed by atoms with Gasteiger partial charge in [-0.2, -0.15) is 5.26 Å². The molecule has 1 aromatic carbocycles. The fraction of sp³-hybridized carbons (Fsp3) is 0.385. The first kappa shape index (κ1) is 12.4. The standard InChI is InChI=1S/C13H16N4O/c1-9(15)4-5-17-12-3-2-10(7-14)6-11(12)16-8-13(17)18/h2-3,6,9,16H,4-5,8,15H2,1H3. The first-order valence-corrected chi connectivity index (χ1v) is 5.96. The molecular formula is C13H16N4O. The molecule has 0 aliphatic carbocycles. The lowest BCUT2D eigenvalue weighted by Crippen LogP contribution is -2.41. The van der Waals surface area contributed by atoms with Crippen molar-refractivity contribution in [2.24, 2.45) is 5.73 Å². The Morgan fingerprint density at radius 2 is 2.39 bits per heavy atom. The minimum absolute atomic E-state index is 0.0351. The van der Waals surface area contributed by atoms with E-state index in [0.717, 1.165) is 17.8 Å². The van der Waals surface area contributed by atoms with Gasteiger partial charge in [-0.15, -0.1) is 0 Å². The van der Waals surface area contributed by atoms with Gasteiger partial charge in [0.05, 0.1) is 29.6 Å². The van der Waals surface area contributed by atoms with Gasteiger partial charge < -0.3 is 16.0 Å². The summed E-state index contributed by atoms with van der Waals surface area (Å²) < 4.78 is 0. The first-order chi connectivity index (χ1) is 8.61. The Labute approximate surface area is 106 Å². The number of carbonyl (C=O) groups is 1. The van der Waals surface area contributed by atoms with Crippen molar-refractivity contribution in [3.63, 3.8) is 0 Å². The Morgan fingerprint density at radius 3 is 3.06 bits per heavy atom. The summed E-state index contributed by atoms with van der Waals surface area (Å²) in [5.74, 6) is 0.0351. The number of hydrogen-bond acceptors (Lipinski definition) is 4. The molecule has 5 heteroatoms. The van der Waals surface area contributed by atoms with Gasteiger partial charge in [-0.3, -0.25) is 4.79 Å². The second kappa shape index (κ2) is 5.07. The Morgan fingerprint density at radius 1 is 1.61 bits per heavy atom. The summed E-state index contributed by atoms with van der Waals surface area (Å²) in [7, 11) is 0. The van der Waals surface area contributed by atoms with E-state index < -0.39 is 0 Å². The molecular weight excluding hydrogens is 228 g/mol. The van der Waals surface area contributed by atoms with E-state index in [9.17, 15) is 4.79 Å². The first-order valence-electron chi connectivity index (χ1n) is 5.96. The van der Waals surface area contributed by atoms with E-state index in [1.165, 1.54) is 0 Å². The van der Waals surface area contributed by atoms with Crippen molar-refractivity contribution >= 4 is 17.3 Å². The molecule has 0 aromatic heterocycles. The molecule has 3 N–H and O–H groups in total. The van der Waals surface area contributed by atoms with E-state index in [0.29, 0.717) is 12.1 Å². The molecule has 1 aliphatic heterocycles. The van der Waals surface area contributed by atoms with E-state index >= 15 is 0 Å². The maximum Gasteiger partial charge on any atom is 0.246 e. The minimum Gasteiger partial charge on any atom is -0.374 e. The van der Waals surface area contributed by atoms with Gasteiger partial charge in [0.15, 0.2) is 0 Å². The van der Waals surface area contributed by atoms with Crippen LogP contribution in [0.25, 0.3) is 0 Å². The fourth-order valence-electron chi connectivity index (χ4n) is 1.96. The van der Waals surface area contributed by atoms with Crippen LogP contribution in [0.1, 0.15) is 18.9 Å². The van der Waals surface area contributed by atoms with Crippen LogP contribution in [0.2, 0.25) is 0 Å². The van der Waals surface area contributed by atoms with Gasteiger partial charge in [0.25, 0.3) is 0 Å².